The topological polar surface area (TPSA) is 71.5 Å². The van der Waals surface area contributed by atoms with E-state index in [0.717, 1.165) is 31.5 Å². The van der Waals surface area contributed by atoms with Crippen molar-refractivity contribution in [3.63, 3.8) is 0 Å². The maximum Gasteiger partial charge on any atom is 0.255 e. The third kappa shape index (κ3) is 4.33. The maximum absolute atomic E-state index is 12.8. The molecule has 6 nitrogen and oxygen atoms in total. The SMILES string of the molecule is Cc1c(NC(=O)c2ccc(Oc3cccnc3)cc2)cccc1C(=O)N1CCCC1. The molecule has 1 aliphatic rings. The molecule has 1 saturated heterocycles. The van der Waals surface area contributed by atoms with Gasteiger partial charge in [-0.1, -0.05) is 6.07 Å². The number of nitrogens with one attached hydrogen (secondary N) is 1. The summed E-state index contributed by atoms with van der Waals surface area (Å²) in [7, 11) is 0. The average molecular weight is 401 g/mol. The second-order valence-corrected chi connectivity index (χ2v) is 7.25. The van der Waals surface area contributed by atoms with Crippen LogP contribution in [0.3, 0.4) is 0 Å². The van der Waals surface area contributed by atoms with Crippen LogP contribution in [0.2, 0.25) is 0 Å². The molecule has 2 amide bonds. The number of ether oxygens (including phenoxy) is 1. The molecule has 2 aromatic carbocycles. The summed E-state index contributed by atoms with van der Waals surface area (Å²) < 4.78 is 5.70. The first-order valence-electron chi connectivity index (χ1n) is 10.00. The fourth-order valence-corrected chi connectivity index (χ4v) is 3.51. The van der Waals surface area contributed by atoms with Crippen molar-refractivity contribution in [3.8, 4) is 11.5 Å². The molecule has 0 unspecified atom stereocenters. The third-order valence-corrected chi connectivity index (χ3v) is 5.19. The minimum Gasteiger partial charge on any atom is -0.456 e. The largest absolute Gasteiger partial charge is 0.456 e. The molecule has 1 fully saturated rings. The molecule has 2 heterocycles. The van der Waals surface area contributed by atoms with Crippen LogP contribution < -0.4 is 10.1 Å². The highest BCUT2D eigenvalue weighted by atomic mass is 16.5. The number of carbonyl (C=O) groups excluding carboxylic acids is 2. The Morgan fingerprint density at radius 1 is 0.967 bits per heavy atom. The van der Waals surface area contributed by atoms with E-state index in [9.17, 15) is 9.59 Å². The van der Waals surface area contributed by atoms with E-state index in [1.165, 1.54) is 0 Å². The predicted octanol–water partition coefficient (Wildman–Crippen LogP) is 4.67. The summed E-state index contributed by atoms with van der Waals surface area (Å²) in [5.74, 6) is 1.04. The van der Waals surface area contributed by atoms with Gasteiger partial charge in [0.2, 0.25) is 0 Å². The summed E-state index contributed by atoms with van der Waals surface area (Å²) in [6.07, 6.45) is 5.39. The summed E-state index contributed by atoms with van der Waals surface area (Å²) in [5.41, 5.74) is 2.55. The van der Waals surface area contributed by atoms with Gasteiger partial charge in [0.1, 0.15) is 11.5 Å². The van der Waals surface area contributed by atoms with Gasteiger partial charge in [0.25, 0.3) is 11.8 Å². The fourth-order valence-electron chi connectivity index (χ4n) is 3.51. The van der Waals surface area contributed by atoms with E-state index in [1.807, 2.05) is 30.0 Å². The van der Waals surface area contributed by atoms with Crippen molar-refractivity contribution < 1.29 is 14.3 Å². The monoisotopic (exact) mass is 401 g/mol. The second-order valence-electron chi connectivity index (χ2n) is 7.25. The van der Waals surface area contributed by atoms with Crippen LogP contribution in [-0.2, 0) is 0 Å². The van der Waals surface area contributed by atoms with Gasteiger partial charge in [-0.3, -0.25) is 14.6 Å². The van der Waals surface area contributed by atoms with Gasteiger partial charge < -0.3 is 15.0 Å². The zero-order valence-corrected chi connectivity index (χ0v) is 16.8. The first kappa shape index (κ1) is 19.6. The van der Waals surface area contributed by atoms with Crippen molar-refractivity contribution in [2.75, 3.05) is 18.4 Å². The van der Waals surface area contributed by atoms with Crippen LogP contribution in [-0.4, -0.2) is 34.8 Å². The molecule has 3 aromatic rings. The van der Waals surface area contributed by atoms with Gasteiger partial charge in [0.15, 0.2) is 0 Å². The number of hydrogen-bond acceptors (Lipinski definition) is 4. The van der Waals surface area contributed by atoms with Gasteiger partial charge in [0.05, 0.1) is 6.20 Å². The van der Waals surface area contributed by atoms with E-state index in [4.69, 9.17) is 4.74 Å². The minimum atomic E-state index is -0.239. The number of hydrogen-bond donors (Lipinski definition) is 1. The number of anilines is 1. The highest BCUT2D eigenvalue weighted by molar-refractivity contribution is 6.06. The molecule has 4 rings (SSSR count). The lowest BCUT2D eigenvalue weighted by molar-refractivity contribution is 0.0791. The van der Waals surface area contributed by atoms with E-state index in [0.29, 0.717) is 28.3 Å². The molecule has 0 atom stereocenters. The molecule has 0 aliphatic carbocycles. The maximum atomic E-state index is 12.8. The van der Waals surface area contributed by atoms with Crippen molar-refractivity contribution in [1.82, 2.24) is 9.88 Å². The molecule has 1 aromatic heterocycles. The number of carbonyl (C=O) groups is 2. The van der Waals surface area contributed by atoms with Crippen molar-refractivity contribution >= 4 is 17.5 Å². The quantitative estimate of drug-likeness (QED) is 0.674. The first-order valence-corrected chi connectivity index (χ1v) is 10.00. The summed E-state index contributed by atoms with van der Waals surface area (Å²) in [6, 6.07) is 15.9. The van der Waals surface area contributed by atoms with E-state index >= 15 is 0 Å². The zero-order chi connectivity index (χ0) is 20.9. The molecular formula is C24H23N3O3. The molecule has 0 saturated carbocycles. The molecule has 1 aliphatic heterocycles. The first-order chi connectivity index (χ1) is 14.6. The standard InChI is InChI=1S/C24H23N3O3/c1-17-21(24(29)27-14-2-3-15-27)7-4-8-22(17)26-23(28)18-9-11-19(12-10-18)30-20-6-5-13-25-16-20/h4-13,16H,2-3,14-15H2,1H3,(H,26,28). The van der Waals surface area contributed by atoms with Gasteiger partial charge in [-0.05, 0) is 73.9 Å². The Morgan fingerprint density at radius 3 is 2.43 bits per heavy atom. The Morgan fingerprint density at radius 2 is 1.73 bits per heavy atom. The number of rotatable bonds is 5. The van der Waals surface area contributed by atoms with Crippen LogP contribution in [0.5, 0.6) is 11.5 Å². The fraction of sp³-hybridized carbons (Fsp3) is 0.208. The minimum absolute atomic E-state index is 0.0259. The van der Waals surface area contributed by atoms with Gasteiger partial charge in [-0.25, -0.2) is 0 Å². The summed E-state index contributed by atoms with van der Waals surface area (Å²) >= 11 is 0. The lowest BCUT2D eigenvalue weighted by Gasteiger charge is -2.18. The van der Waals surface area contributed by atoms with Gasteiger partial charge in [-0.2, -0.15) is 0 Å². The lowest BCUT2D eigenvalue weighted by atomic mass is 10.0. The number of aromatic nitrogens is 1. The molecule has 1 N–H and O–H groups in total. The normalized spacial score (nSPS) is 13.2. The van der Waals surface area contributed by atoms with E-state index in [-0.39, 0.29) is 11.8 Å². The Hall–Kier alpha value is -3.67. The summed E-state index contributed by atoms with van der Waals surface area (Å²) in [6.45, 7) is 3.45. The number of amides is 2. The molecule has 30 heavy (non-hydrogen) atoms. The summed E-state index contributed by atoms with van der Waals surface area (Å²) in [4.78, 5) is 31.4. The van der Waals surface area contributed by atoms with E-state index in [2.05, 4.69) is 10.3 Å². The molecule has 6 heteroatoms. The van der Waals surface area contributed by atoms with E-state index < -0.39 is 0 Å². The molecule has 152 valence electrons. The van der Waals surface area contributed by atoms with Crippen LogP contribution in [0.25, 0.3) is 0 Å². The number of likely N-dealkylation sites (tertiary alicyclic amines) is 1. The third-order valence-electron chi connectivity index (χ3n) is 5.19. The second kappa shape index (κ2) is 8.78. The molecular weight excluding hydrogens is 378 g/mol. The van der Waals surface area contributed by atoms with Gasteiger partial charge >= 0.3 is 0 Å². The van der Waals surface area contributed by atoms with Crippen LogP contribution in [0, 0.1) is 6.92 Å². The predicted molar refractivity (Wildman–Crippen MR) is 115 cm³/mol. The van der Waals surface area contributed by atoms with Crippen molar-refractivity contribution in [1.29, 1.82) is 0 Å². The van der Waals surface area contributed by atoms with Crippen LogP contribution in [0.1, 0.15) is 39.1 Å². The van der Waals surface area contributed by atoms with Crippen molar-refractivity contribution in [2.45, 2.75) is 19.8 Å². The molecule has 0 radical (unpaired) electrons. The van der Waals surface area contributed by atoms with Gasteiger partial charge in [-0.15, -0.1) is 0 Å². The van der Waals surface area contributed by atoms with Crippen molar-refractivity contribution in [3.05, 3.63) is 83.7 Å². The Bertz CT molecular complexity index is 1040. The number of benzene rings is 2. The van der Waals surface area contributed by atoms with Crippen LogP contribution in [0.15, 0.2) is 67.0 Å². The number of pyridine rings is 1. The van der Waals surface area contributed by atoms with Crippen LogP contribution >= 0.6 is 0 Å². The average Bonchev–Trinajstić information content (AvgIpc) is 3.31. The van der Waals surface area contributed by atoms with Crippen LogP contribution in [0.4, 0.5) is 5.69 Å². The highest BCUT2D eigenvalue weighted by Gasteiger charge is 2.22. The molecule has 0 spiro atoms. The number of nitrogens with zero attached hydrogens (tertiary/aromatic N) is 2. The van der Waals surface area contributed by atoms with E-state index in [1.54, 1.807) is 48.8 Å². The zero-order valence-electron chi connectivity index (χ0n) is 16.8. The molecule has 0 bridgehead atoms. The lowest BCUT2D eigenvalue weighted by Crippen LogP contribution is -2.28. The smallest absolute Gasteiger partial charge is 0.255 e. The highest BCUT2D eigenvalue weighted by Crippen LogP contribution is 2.24. The Kier molecular flexibility index (Phi) is 5.75. The van der Waals surface area contributed by atoms with Gasteiger partial charge in [0, 0.05) is 36.1 Å². The Balaban J connectivity index is 1.46. The Labute approximate surface area is 175 Å². The summed E-state index contributed by atoms with van der Waals surface area (Å²) in [5, 5.41) is 2.92. The van der Waals surface area contributed by atoms with Crippen molar-refractivity contribution in [2.24, 2.45) is 0 Å².